The molecule has 1 fully saturated rings. The van der Waals surface area contributed by atoms with Gasteiger partial charge in [-0.25, -0.2) is 9.59 Å². The van der Waals surface area contributed by atoms with Gasteiger partial charge >= 0.3 is 12.1 Å². The maximum Gasteiger partial charge on any atom is 0.410 e. The standard InChI is InChI=1S/C17H24N2O5/c1-22-12-15(16(20)23-2)19(10-14-8-9-18-14)17(21)24-11-13-6-4-3-5-7-13/h3-7,14-15,18H,8-12H2,1-2H3. The van der Waals surface area contributed by atoms with Crippen LogP contribution in [-0.4, -0.2) is 63.0 Å². The van der Waals surface area contributed by atoms with Gasteiger partial charge in [0.1, 0.15) is 6.61 Å². The van der Waals surface area contributed by atoms with Gasteiger partial charge in [-0.05, 0) is 18.5 Å². The maximum atomic E-state index is 12.5. The predicted molar refractivity (Wildman–Crippen MR) is 87.4 cm³/mol. The number of hydrogen-bond donors (Lipinski definition) is 1. The second kappa shape index (κ2) is 9.24. The number of hydrogen-bond acceptors (Lipinski definition) is 6. The molecule has 0 bridgehead atoms. The third-order valence-electron chi connectivity index (χ3n) is 3.96. The molecule has 1 saturated heterocycles. The molecule has 1 aliphatic rings. The van der Waals surface area contributed by atoms with Crippen LogP contribution >= 0.6 is 0 Å². The van der Waals surface area contributed by atoms with Gasteiger partial charge in [0, 0.05) is 19.7 Å². The fourth-order valence-corrected chi connectivity index (χ4v) is 2.45. The molecule has 7 nitrogen and oxygen atoms in total. The molecule has 1 aromatic rings. The van der Waals surface area contributed by atoms with Crippen LogP contribution in [0.15, 0.2) is 30.3 Å². The fraction of sp³-hybridized carbons (Fsp3) is 0.529. The zero-order valence-corrected chi connectivity index (χ0v) is 14.1. The van der Waals surface area contributed by atoms with Crippen LogP contribution in [0.3, 0.4) is 0 Å². The average Bonchev–Trinajstić information content (AvgIpc) is 2.57. The summed E-state index contributed by atoms with van der Waals surface area (Å²) in [4.78, 5) is 26.0. The lowest BCUT2D eigenvalue weighted by atomic mass is 10.1. The van der Waals surface area contributed by atoms with Crippen molar-refractivity contribution in [1.29, 1.82) is 0 Å². The van der Waals surface area contributed by atoms with Crippen molar-refractivity contribution in [2.45, 2.75) is 25.1 Å². The summed E-state index contributed by atoms with van der Waals surface area (Å²) in [5.41, 5.74) is 0.883. The largest absolute Gasteiger partial charge is 0.467 e. The highest BCUT2D eigenvalue weighted by Gasteiger charge is 2.34. The fourth-order valence-electron chi connectivity index (χ4n) is 2.45. The Balaban J connectivity index is 2.04. The van der Waals surface area contributed by atoms with Gasteiger partial charge in [-0.3, -0.25) is 4.90 Å². The first-order valence-electron chi connectivity index (χ1n) is 7.93. The number of esters is 1. The highest BCUT2D eigenvalue weighted by atomic mass is 16.6. The summed E-state index contributed by atoms with van der Waals surface area (Å²) >= 11 is 0. The summed E-state index contributed by atoms with van der Waals surface area (Å²) in [5, 5.41) is 3.22. The van der Waals surface area contributed by atoms with Crippen LogP contribution < -0.4 is 5.32 Å². The van der Waals surface area contributed by atoms with Crippen LogP contribution in [0.5, 0.6) is 0 Å². The monoisotopic (exact) mass is 336 g/mol. The Labute approximate surface area is 141 Å². The number of nitrogens with one attached hydrogen (secondary N) is 1. The van der Waals surface area contributed by atoms with Gasteiger partial charge in [-0.2, -0.15) is 0 Å². The zero-order valence-electron chi connectivity index (χ0n) is 14.1. The normalized spacial score (nSPS) is 17.5. The van der Waals surface area contributed by atoms with E-state index in [4.69, 9.17) is 14.2 Å². The Morgan fingerprint density at radius 1 is 1.29 bits per heavy atom. The van der Waals surface area contributed by atoms with E-state index in [9.17, 15) is 9.59 Å². The lowest BCUT2D eigenvalue weighted by Gasteiger charge is -2.36. The quantitative estimate of drug-likeness (QED) is 0.718. The molecule has 0 aromatic heterocycles. The van der Waals surface area contributed by atoms with Crippen molar-refractivity contribution in [3.05, 3.63) is 35.9 Å². The van der Waals surface area contributed by atoms with Gasteiger partial charge in [0.05, 0.1) is 13.7 Å². The van der Waals surface area contributed by atoms with E-state index in [2.05, 4.69) is 5.32 Å². The molecule has 0 spiro atoms. The van der Waals surface area contributed by atoms with Crippen molar-refractivity contribution in [1.82, 2.24) is 10.2 Å². The van der Waals surface area contributed by atoms with E-state index in [0.717, 1.165) is 18.5 Å². The van der Waals surface area contributed by atoms with Gasteiger partial charge in [-0.1, -0.05) is 30.3 Å². The van der Waals surface area contributed by atoms with E-state index in [1.54, 1.807) is 0 Å². The molecule has 1 N–H and O–H groups in total. The molecule has 1 amide bonds. The lowest BCUT2D eigenvalue weighted by molar-refractivity contribution is -0.148. The molecule has 0 radical (unpaired) electrons. The molecule has 132 valence electrons. The number of carbonyl (C=O) groups is 2. The van der Waals surface area contributed by atoms with Gasteiger partial charge < -0.3 is 19.5 Å². The Morgan fingerprint density at radius 3 is 2.54 bits per heavy atom. The van der Waals surface area contributed by atoms with Crippen molar-refractivity contribution in [3.8, 4) is 0 Å². The highest BCUT2D eigenvalue weighted by Crippen LogP contribution is 2.13. The number of methoxy groups -OCH3 is 2. The van der Waals surface area contributed by atoms with Crippen molar-refractivity contribution in [3.63, 3.8) is 0 Å². The Bertz CT molecular complexity index is 533. The van der Waals surface area contributed by atoms with E-state index in [-0.39, 0.29) is 19.3 Å². The molecule has 0 aliphatic carbocycles. The summed E-state index contributed by atoms with van der Waals surface area (Å²) in [6, 6.07) is 8.72. The first kappa shape index (κ1) is 18.2. The number of nitrogens with zero attached hydrogens (tertiary/aromatic N) is 1. The second-order valence-electron chi connectivity index (χ2n) is 5.63. The van der Waals surface area contributed by atoms with Crippen molar-refractivity contribution in [2.24, 2.45) is 0 Å². The minimum atomic E-state index is -0.828. The van der Waals surface area contributed by atoms with E-state index in [0.29, 0.717) is 6.54 Å². The first-order valence-corrected chi connectivity index (χ1v) is 7.93. The second-order valence-corrected chi connectivity index (χ2v) is 5.63. The Kier molecular flexibility index (Phi) is 7.02. The van der Waals surface area contributed by atoms with E-state index >= 15 is 0 Å². The summed E-state index contributed by atoms with van der Waals surface area (Å²) in [5.74, 6) is -0.521. The van der Waals surface area contributed by atoms with Crippen LogP contribution in [0.1, 0.15) is 12.0 Å². The third kappa shape index (κ3) is 4.94. The van der Waals surface area contributed by atoms with Crippen LogP contribution in [0.25, 0.3) is 0 Å². The molecule has 2 unspecified atom stereocenters. The number of benzene rings is 1. The smallest absolute Gasteiger partial charge is 0.410 e. The molecule has 2 rings (SSSR count). The molecular weight excluding hydrogens is 312 g/mol. The number of carbonyl (C=O) groups excluding carboxylic acids is 2. The SMILES string of the molecule is COCC(C(=O)OC)N(CC1CCN1)C(=O)OCc1ccccc1. The summed E-state index contributed by atoms with van der Waals surface area (Å²) < 4.78 is 15.3. The van der Waals surface area contributed by atoms with Crippen molar-refractivity contribution in [2.75, 3.05) is 33.9 Å². The highest BCUT2D eigenvalue weighted by molar-refractivity contribution is 5.81. The van der Waals surface area contributed by atoms with Gasteiger partial charge in [0.15, 0.2) is 6.04 Å². The van der Waals surface area contributed by atoms with Crippen LogP contribution in [0.4, 0.5) is 4.79 Å². The Hall–Kier alpha value is -2.12. The molecule has 2 atom stereocenters. The van der Waals surface area contributed by atoms with Crippen molar-refractivity contribution >= 4 is 12.1 Å². The molecule has 1 heterocycles. The van der Waals surface area contributed by atoms with Gasteiger partial charge in [-0.15, -0.1) is 0 Å². The molecule has 1 aromatic carbocycles. The lowest BCUT2D eigenvalue weighted by Crippen LogP contribution is -2.57. The molecule has 1 aliphatic heterocycles. The van der Waals surface area contributed by atoms with Gasteiger partial charge in [0.2, 0.25) is 0 Å². The number of ether oxygens (including phenoxy) is 3. The predicted octanol–water partition coefficient (Wildman–Crippen LogP) is 1.18. The topological polar surface area (TPSA) is 77.1 Å². The molecule has 0 saturated carbocycles. The molecular formula is C17H24N2O5. The van der Waals surface area contributed by atoms with Crippen LogP contribution in [-0.2, 0) is 25.6 Å². The summed E-state index contributed by atoms with van der Waals surface area (Å²) in [7, 11) is 2.77. The summed E-state index contributed by atoms with van der Waals surface area (Å²) in [6.07, 6.45) is 0.392. The molecule has 7 heteroatoms. The summed E-state index contributed by atoms with van der Waals surface area (Å²) in [6.45, 7) is 1.48. The molecule has 24 heavy (non-hydrogen) atoms. The van der Waals surface area contributed by atoms with Crippen LogP contribution in [0, 0.1) is 0 Å². The first-order chi connectivity index (χ1) is 11.7. The van der Waals surface area contributed by atoms with Crippen LogP contribution in [0.2, 0.25) is 0 Å². The number of amides is 1. The minimum absolute atomic E-state index is 0.0554. The average molecular weight is 336 g/mol. The minimum Gasteiger partial charge on any atom is -0.467 e. The van der Waals surface area contributed by atoms with Crippen molar-refractivity contribution < 1.29 is 23.8 Å². The number of rotatable bonds is 8. The van der Waals surface area contributed by atoms with Gasteiger partial charge in [0.25, 0.3) is 0 Å². The third-order valence-corrected chi connectivity index (χ3v) is 3.96. The zero-order chi connectivity index (χ0) is 17.4. The Morgan fingerprint density at radius 2 is 2.00 bits per heavy atom. The van der Waals surface area contributed by atoms with E-state index in [1.165, 1.54) is 19.1 Å². The van der Waals surface area contributed by atoms with E-state index < -0.39 is 18.1 Å². The van der Waals surface area contributed by atoms with E-state index in [1.807, 2.05) is 30.3 Å². The maximum absolute atomic E-state index is 12.5.